The summed E-state index contributed by atoms with van der Waals surface area (Å²) in [5.74, 6) is 4.93. The van der Waals surface area contributed by atoms with Crippen LogP contribution in [0, 0.1) is 40.4 Å². The molecule has 0 radical (unpaired) electrons. The molecule has 4 aliphatic carbocycles. The second-order valence-corrected chi connectivity index (χ2v) is 10.7. The van der Waals surface area contributed by atoms with Gasteiger partial charge in [-0.05, 0) is 119 Å². The zero-order valence-corrected chi connectivity index (χ0v) is 17.4. The van der Waals surface area contributed by atoms with Crippen LogP contribution in [0.25, 0.3) is 0 Å². The molecular formula is C23H42N2. The number of rotatable bonds is 3. The normalized spacial score (nSPS) is 53.6. The van der Waals surface area contributed by atoms with Gasteiger partial charge in [-0.15, -0.1) is 0 Å². The fourth-order valence-corrected chi connectivity index (χ4v) is 8.58. The van der Waals surface area contributed by atoms with Crippen molar-refractivity contribution < 1.29 is 0 Å². The van der Waals surface area contributed by atoms with Crippen LogP contribution in [-0.2, 0) is 0 Å². The minimum atomic E-state index is 0.606. The van der Waals surface area contributed by atoms with Crippen LogP contribution in [0.1, 0.15) is 78.6 Å². The van der Waals surface area contributed by atoms with Gasteiger partial charge in [-0.25, -0.2) is 0 Å². The number of hydrogen-bond donors (Lipinski definition) is 2. The van der Waals surface area contributed by atoms with E-state index in [1.165, 1.54) is 57.8 Å². The molecule has 4 saturated carbocycles. The molecule has 0 saturated heterocycles. The second kappa shape index (κ2) is 6.51. The Balaban J connectivity index is 1.56. The van der Waals surface area contributed by atoms with E-state index < -0.39 is 0 Å². The molecule has 0 aromatic carbocycles. The van der Waals surface area contributed by atoms with Crippen LogP contribution in [0.15, 0.2) is 0 Å². The standard InChI is InChI=1S/C23H42N2/c1-15(24-4)19-8-9-20-18-7-6-16-14-17(25-5)10-12-22(16,2)21(18)11-13-23(19,20)3/h15-21,24-25H,6-14H2,1-5H3/t15-,16+,17+,18+,19-,20+,21+,22+,23-/m1/s1. The highest BCUT2D eigenvalue weighted by atomic mass is 14.9. The van der Waals surface area contributed by atoms with Gasteiger partial charge in [0.15, 0.2) is 0 Å². The van der Waals surface area contributed by atoms with Crippen LogP contribution in [0.3, 0.4) is 0 Å². The van der Waals surface area contributed by atoms with E-state index in [1.54, 1.807) is 0 Å². The molecule has 4 rings (SSSR count). The highest BCUT2D eigenvalue weighted by molar-refractivity contribution is 5.10. The van der Waals surface area contributed by atoms with Crippen molar-refractivity contribution in [2.24, 2.45) is 40.4 Å². The third-order valence-corrected chi connectivity index (χ3v) is 10.2. The summed E-state index contributed by atoms with van der Waals surface area (Å²) < 4.78 is 0. The Hall–Kier alpha value is -0.0800. The molecule has 0 spiro atoms. The van der Waals surface area contributed by atoms with Gasteiger partial charge in [0.2, 0.25) is 0 Å². The first-order chi connectivity index (χ1) is 11.9. The monoisotopic (exact) mass is 346 g/mol. The van der Waals surface area contributed by atoms with Gasteiger partial charge in [-0.3, -0.25) is 0 Å². The molecule has 4 aliphatic rings. The Bertz CT molecular complexity index is 490. The van der Waals surface area contributed by atoms with Crippen molar-refractivity contribution in [3.8, 4) is 0 Å². The molecule has 0 bridgehead atoms. The lowest BCUT2D eigenvalue weighted by molar-refractivity contribution is -0.115. The van der Waals surface area contributed by atoms with E-state index in [9.17, 15) is 0 Å². The van der Waals surface area contributed by atoms with Gasteiger partial charge < -0.3 is 10.6 Å². The lowest BCUT2D eigenvalue weighted by Crippen LogP contribution is -2.55. The second-order valence-electron chi connectivity index (χ2n) is 10.7. The highest BCUT2D eigenvalue weighted by Crippen LogP contribution is 2.67. The van der Waals surface area contributed by atoms with Gasteiger partial charge in [0, 0.05) is 12.1 Å². The third-order valence-electron chi connectivity index (χ3n) is 10.2. The summed E-state index contributed by atoms with van der Waals surface area (Å²) in [4.78, 5) is 0. The Morgan fingerprint density at radius 1 is 0.840 bits per heavy atom. The molecule has 2 heteroatoms. The predicted octanol–water partition coefficient (Wildman–Crippen LogP) is 4.84. The molecule has 0 heterocycles. The molecule has 0 amide bonds. The first kappa shape index (κ1) is 18.3. The van der Waals surface area contributed by atoms with Crippen molar-refractivity contribution in [3.05, 3.63) is 0 Å². The average Bonchev–Trinajstić information content (AvgIpc) is 2.97. The Morgan fingerprint density at radius 2 is 1.56 bits per heavy atom. The van der Waals surface area contributed by atoms with E-state index in [0.717, 1.165) is 35.6 Å². The molecule has 2 nitrogen and oxygen atoms in total. The van der Waals surface area contributed by atoms with E-state index >= 15 is 0 Å². The summed E-state index contributed by atoms with van der Waals surface area (Å²) in [6.45, 7) is 7.80. The minimum absolute atomic E-state index is 0.606. The first-order valence-electron chi connectivity index (χ1n) is 11.3. The Kier molecular flexibility index (Phi) is 4.77. The van der Waals surface area contributed by atoms with Crippen molar-refractivity contribution in [1.82, 2.24) is 10.6 Å². The summed E-state index contributed by atoms with van der Waals surface area (Å²) in [5.41, 5.74) is 1.25. The molecule has 0 aromatic heterocycles. The average molecular weight is 347 g/mol. The molecule has 25 heavy (non-hydrogen) atoms. The Labute approximate surface area is 156 Å². The van der Waals surface area contributed by atoms with E-state index in [1.807, 2.05) is 0 Å². The van der Waals surface area contributed by atoms with Gasteiger partial charge >= 0.3 is 0 Å². The molecule has 4 fully saturated rings. The van der Waals surface area contributed by atoms with E-state index in [2.05, 4.69) is 45.5 Å². The molecule has 0 aromatic rings. The van der Waals surface area contributed by atoms with Crippen molar-refractivity contribution in [2.75, 3.05) is 14.1 Å². The zero-order valence-electron chi connectivity index (χ0n) is 17.4. The van der Waals surface area contributed by atoms with E-state index in [-0.39, 0.29) is 0 Å². The number of nitrogens with one attached hydrogen (secondary N) is 2. The lowest BCUT2D eigenvalue weighted by Gasteiger charge is -2.61. The first-order valence-corrected chi connectivity index (χ1v) is 11.3. The van der Waals surface area contributed by atoms with Crippen LogP contribution in [0.2, 0.25) is 0 Å². The van der Waals surface area contributed by atoms with Crippen LogP contribution in [0.4, 0.5) is 0 Å². The largest absolute Gasteiger partial charge is 0.317 e. The van der Waals surface area contributed by atoms with Crippen molar-refractivity contribution in [3.63, 3.8) is 0 Å². The molecule has 9 atom stereocenters. The third kappa shape index (κ3) is 2.64. The van der Waals surface area contributed by atoms with Gasteiger partial charge in [0.25, 0.3) is 0 Å². The molecule has 0 aliphatic heterocycles. The van der Waals surface area contributed by atoms with Crippen molar-refractivity contribution >= 4 is 0 Å². The van der Waals surface area contributed by atoms with Crippen molar-refractivity contribution in [1.29, 1.82) is 0 Å². The maximum Gasteiger partial charge on any atom is 0.00693 e. The van der Waals surface area contributed by atoms with Gasteiger partial charge in [0.1, 0.15) is 0 Å². The summed E-state index contributed by atoms with van der Waals surface area (Å²) in [5, 5.41) is 7.18. The molecule has 2 N–H and O–H groups in total. The SMILES string of the molecule is CN[C@H]1CC[C@@]2(C)[C@@H](CC[C@@H]3[C@@H]2CC[C@]2(C)[C@@H]([C@@H](C)NC)CC[C@@H]32)C1. The maximum atomic E-state index is 3.59. The predicted molar refractivity (Wildman–Crippen MR) is 107 cm³/mol. The zero-order chi connectivity index (χ0) is 17.8. The molecular weight excluding hydrogens is 304 g/mol. The smallest absolute Gasteiger partial charge is 0.00693 e. The maximum absolute atomic E-state index is 3.59. The number of hydrogen-bond acceptors (Lipinski definition) is 2. The van der Waals surface area contributed by atoms with Crippen LogP contribution in [0.5, 0.6) is 0 Å². The summed E-state index contributed by atoms with van der Waals surface area (Å²) >= 11 is 0. The fraction of sp³-hybridized carbons (Fsp3) is 1.00. The van der Waals surface area contributed by atoms with Gasteiger partial charge in [-0.2, -0.15) is 0 Å². The van der Waals surface area contributed by atoms with Crippen LogP contribution < -0.4 is 10.6 Å². The molecule has 144 valence electrons. The highest BCUT2D eigenvalue weighted by Gasteiger charge is 2.60. The number of fused-ring (bicyclic) bond motifs is 5. The topological polar surface area (TPSA) is 24.1 Å². The van der Waals surface area contributed by atoms with Crippen LogP contribution >= 0.6 is 0 Å². The van der Waals surface area contributed by atoms with E-state index in [4.69, 9.17) is 0 Å². The quantitative estimate of drug-likeness (QED) is 0.764. The van der Waals surface area contributed by atoms with E-state index in [0.29, 0.717) is 16.9 Å². The van der Waals surface area contributed by atoms with Gasteiger partial charge in [-0.1, -0.05) is 13.8 Å². The van der Waals surface area contributed by atoms with Gasteiger partial charge in [0.05, 0.1) is 0 Å². The van der Waals surface area contributed by atoms with Crippen LogP contribution in [-0.4, -0.2) is 26.2 Å². The summed E-state index contributed by atoms with van der Waals surface area (Å²) in [7, 11) is 4.34. The summed E-state index contributed by atoms with van der Waals surface area (Å²) in [6.07, 6.45) is 13.4. The summed E-state index contributed by atoms with van der Waals surface area (Å²) in [6, 6.07) is 1.47. The van der Waals surface area contributed by atoms with Crippen molar-refractivity contribution in [2.45, 2.75) is 90.6 Å². The molecule has 0 unspecified atom stereocenters. The lowest BCUT2D eigenvalue weighted by atomic mass is 9.44. The minimum Gasteiger partial charge on any atom is -0.317 e. The fourth-order valence-electron chi connectivity index (χ4n) is 8.58. The Morgan fingerprint density at radius 3 is 2.28 bits per heavy atom.